The van der Waals surface area contributed by atoms with E-state index >= 15 is 0 Å². The Morgan fingerprint density at radius 3 is 2.71 bits per heavy atom. The summed E-state index contributed by atoms with van der Waals surface area (Å²) in [5.41, 5.74) is 5.48. The summed E-state index contributed by atoms with van der Waals surface area (Å²) in [6.07, 6.45) is 3.57. The fourth-order valence-corrected chi connectivity index (χ4v) is 6.83. The molecule has 28 heavy (non-hydrogen) atoms. The number of hydrogen-bond acceptors (Lipinski definition) is 4. The van der Waals surface area contributed by atoms with Crippen LogP contribution in [0.25, 0.3) is 11.1 Å². The molecule has 3 heterocycles. The SMILES string of the molecule is Cc1cccc(CN2CC3c4cc(-c5cccnc5)ccc4S(=O)(=O)C3C2)c1. The van der Waals surface area contributed by atoms with Crippen LogP contribution in [0.4, 0.5) is 0 Å². The Kier molecular flexibility index (Phi) is 4.11. The maximum Gasteiger partial charge on any atom is 0.183 e. The number of aryl methyl sites for hydroxylation is 1. The highest BCUT2D eigenvalue weighted by Gasteiger charge is 2.50. The molecular weight excluding hydrogens is 368 g/mol. The first kappa shape index (κ1) is 17.6. The van der Waals surface area contributed by atoms with Gasteiger partial charge in [-0.25, -0.2) is 8.42 Å². The summed E-state index contributed by atoms with van der Waals surface area (Å²) in [5, 5.41) is -0.337. The van der Waals surface area contributed by atoms with E-state index in [0.29, 0.717) is 11.4 Å². The molecule has 5 rings (SSSR count). The Morgan fingerprint density at radius 1 is 1.04 bits per heavy atom. The minimum Gasteiger partial charge on any atom is -0.297 e. The third-order valence-electron chi connectivity index (χ3n) is 5.94. The maximum absolute atomic E-state index is 13.1. The molecule has 0 bridgehead atoms. The van der Waals surface area contributed by atoms with Gasteiger partial charge in [-0.05, 0) is 47.4 Å². The summed E-state index contributed by atoms with van der Waals surface area (Å²) >= 11 is 0. The minimum absolute atomic E-state index is 0.0430. The largest absolute Gasteiger partial charge is 0.297 e. The molecular formula is C23H22N2O2S. The van der Waals surface area contributed by atoms with E-state index in [1.807, 2.05) is 24.4 Å². The van der Waals surface area contributed by atoms with Gasteiger partial charge in [-0.1, -0.05) is 42.0 Å². The van der Waals surface area contributed by atoms with Gasteiger partial charge in [0.2, 0.25) is 0 Å². The van der Waals surface area contributed by atoms with Crippen molar-refractivity contribution in [3.63, 3.8) is 0 Å². The smallest absolute Gasteiger partial charge is 0.183 e. The van der Waals surface area contributed by atoms with Crippen LogP contribution in [0.2, 0.25) is 0 Å². The lowest BCUT2D eigenvalue weighted by Crippen LogP contribution is -2.25. The number of likely N-dealkylation sites (tertiary alicyclic amines) is 1. The molecule has 4 nitrogen and oxygen atoms in total. The van der Waals surface area contributed by atoms with Gasteiger partial charge in [0.15, 0.2) is 9.84 Å². The van der Waals surface area contributed by atoms with Crippen LogP contribution in [0.5, 0.6) is 0 Å². The topological polar surface area (TPSA) is 50.3 Å². The van der Waals surface area contributed by atoms with Crippen molar-refractivity contribution in [2.45, 2.75) is 29.5 Å². The predicted molar refractivity (Wildman–Crippen MR) is 110 cm³/mol. The molecule has 0 aliphatic carbocycles. The molecule has 3 aromatic rings. The van der Waals surface area contributed by atoms with Crippen LogP contribution < -0.4 is 0 Å². The summed E-state index contributed by atoms with van der Waals surface area (Å²) in [6.45, 7) is 4.25. The highest BCUT2D eigenvalue weighted by Crippen LogP contribution is 2.46. The monoisotopic (exact) mass is 390 g/mol. The molecule has 2 atom stereocenters. The van der Waals surface area contributed by atoms with Crippen LogP contribution in [-0.4, -0.2) is 36.6 Å². The molecule has 0 radical (unpaired) electrons. The number of pyridine rings is 1. The first-order chi connectivity index (χ1) is 13.5. The molecule has 5 heteroatoms. The molecule has 2 aliphatic rings. The van der Waals surface area contributed by atoms with E-state index in [1.54, 1.807) is 12.3 Å². The number of sulfone groups is 1. The standard InChI is InChI=1S/C23H22N2O2S/c1-16-4-2-5-17(10-16)13-25-14-21-20-11-18(19-6-3-9-24-12-19)7-8-22(20)28(26,27)23(21)15-25/h2-12,21,23H,13-15H2,1H3. The van der Waals surface area contributed by atoms with E-state index in [2.05, 4.69) is 47.1 Å². The van der Waals surface area contributed by atoms with Crippen molar-refractivity contribution in [3.8, 4) is 11.1 Å². The zero-order valence-corrected chi connectivity index (χ0v) is 16.6. The Hall–Kier alpha value is -2.50. The van der Waals surface area contributed by atoms with Crippen LogP contribution in [0.3, 0.4) is 0 Å². The average molecular weight is 391 g/mol. The number of rotatable bonds is 3. The quantitative estimate of drug-likeness (QED) is 0.682. The van der Waals surface area contributed by atoms with Crippen molar-refractivity contribution in [1.29, 1.82) is 0 Å². The Bertz CT molecular complexity index is 1140. The van der Waals surface area contributed by atoms with E-state index in [0.717, 1.165) is 29.8 Å². The second kappa shape index (κ2) is 6.54. The zero-order chi connectivity index (χ0) is 19.3. The van der Waals surface area contributed by atoms with Crippen LogP contribution in [-0.2, 0) is 16.4 Å². The lowest BCUT2D eigenvalue weighted by Gasteiger charge is -2.18. The Balaban J connectivity index is 1.47. The number of fused-ring (bicyclic) bond motifs is 3. The van der Waals surface area contributed by atoms with E-state index < -0.39 is 9.84 Å². The lowest BCUT2D eigenvalue weighted by atomic mass is 9.95. The van der Waals surface area contributed by atoms with Crippen LogP contribution in [0.1, 0.15) is 22.6 Å². The minimum atomic E-state index is -3.27. The highest BCUT2D eigenvalue weighted by atomic mass is 32.2. The summed E-state index contributed by atoms with van der Waals surface area (Å²) in [5.74, 6) is 0.0430. The third-order valence-corrected chi connectivity index (χ3v) is 8.20. The van der Waals surface area contributed by atoms with Gasteiger partial charge in [-0.2, -0.15) is 0 Å². The number of nitrogens with zero attached hydrogens (tertiary/aromatic N) is 2. The molecule has 0 N–H and O–H groups in total. The van der Waals surface area contributed by atoms with Crippen molar-refractivity contribution in [3.05, 3.63) is 83.7 Å². The molecule has 2 unspecified atom stereocenters. The Morgan fingerprint density at radius 2 is 1.93 bits per heavy atom. The predicted octanol–water partition coefficient (Wildman–Crippen LogP) is 3.81. The summed E-state index contributed by atoms with van der Waals surface area (Å²) in [4.78, 5) is 6.99. The summed E-state index contributed by atoms with van der Waals surface area (Å²) < 4.78 is 26.3. The molecule has 1 saturated heterocycles. The molecule has 2 aromatic carbocycles. The van der Waals surface area contributed by atoms with Crippen molar-refractivity contribution in [2.75, 3.05) is 13.1 Å². The number of aromatic nitrogens is 1. The van der Waals surface area contributed by atoms with Crippen LogP contribution in [0, 0.1) is 6.92 Å². The van der Waals surface area contributed by atoms with Crippen molar-refractivity contribution in [1.82, 2.24) is 9.88 Å². The molecule has 0 saturated carbocycles. The van der Waals surface area contributed by atoms with Gasteiger partial charge in [0.05, 0.1) is 10.1 Å². The third kappa shape index (κ3) is 2.86. The van der Waals surface area contributed by atoms with E-state index in [-0.39, 0.29) is 11.2 Å². The van der Waals surface area contributed by atoms with E-state index in [1.165, 1.54) is 11.1 Å². The summed E-state index contributed by atoms with van der Waals surface area (Å²) in [6, 6.07) is 18.1. The van der Waals surface area contributed by atoms with Crippen LogP contribution in [0.15, 0.2) is 71.9 Å². The lowest BCUT2D eigenvalue weighted by molar-refractivity contribution is 0.325. The maximum atomic E-state index is 13.1. The van der Waals surface area contributed by atoms with E-state index in [9.17, 15) is 8.42 Å². The second-order valence-electron chi connectivity index (χ2n) is 7.87. The molecule has 0 amide bonds. The van der Waals surface area contributed by atoms with Crippen LogP contribution >= 0.6 is 0 Å². The summed E-state index contributed by atoms with van der Waals surface area (Å²) in [7, 11) is -3.27. The first-order valence-electron chi connectivity index (χ1n) is 9.58. The van der Waals surface area contributed by atoms with Gasteiger partial charge >= 0.3 is 0 Å². The zero-order valence-electron chi connectivity index (χ0n) is 15.7. The van der Waals surface area contributed by atoms with Gasteiger partial charge < -0.3 is 0 Å². The molecule has 142 valence electrons. The molecule has 2 aliphatic heterocycles. The average Bonchev–Trinajstić information content (AvgIpc) is 3.20. The normalized spacial score (nSPS) is 22.8. The highest BCUT2D eigenvalue weighted by molar-refractivity contribution is 7.92. The molecule has 1 fully saturated rings. The van der Waals surface area contributed by atoms with Gasteiger partial charge in [-0.3, -0.25) is 9.88 Å². The van der Waals surface area contributed by atoms with Gasteiger partial charge in [-0.15, -0.1) is 0 Å². The Labute approximate surface area is 165 Å². The fraction of sp³-hybridized carbons (Fsp3) is 0.261. The fourth-order valence-electron chi connectivity index (χ4n) is 4.64. The van der Waals surface area contributed by atoms with Crippen molar-refractivity contribution >= 4 is 9.84 Å². The van der Waals surface area contributed by atoms with Crippen molar-refractivity contribution in [2.24, 2.45) is 0 Å². The molecule has 0 spiro atoms. The van der Waals surface area contributed by atoms with Crippen molar-refractivity contribution < 1.29 is 8.42 Å². The number of hydrogen-bond donors (Lipinski definition) is 0. The second-order valence-corrected chi connectivity index (χ2v) is 10.0. The first-order valence-corrected chi connectivity index (χ1v) is 11.1. The van der Waals surface area contributed by atoms with E-state index in [4.69, 9.17) is 0 Å². The molecule has 1 aromatic heterocycles. The van der Waals surface area contributed by atoms with Gasteiger partial charge in [0.25, 0.3) is 0 Å². The number of benzene rings is 2. The van der Waals surface area contributed by atoms with Gasteiger partial charge in [0.1, 0.15) is 0 Å². The van der Waals surface area contributed by atoms with Gasteiger partial charge in [0, 0.05) is 37.9 Å².